The molecule has 1 aromatic heterocycles. The Labute approximate surface area is 171 Å². The molecule has 1 atom stereocenters. The Morgan fingerprint density at radius 3 is 2.66 bits per heavy atom. The highest BCUT2D eigenvalue weighted by Gasteiger charge is 2.25. The Morgan fingerprint density at radius 2 is 1.97 bits per heavy atom. The van der Waals surface area contributed by atoms with Crippen molar-refractivity contribution in [3.8, 4) is 16.9 Å². The fraction of sp³-hybridized carbons (Fsp3) is 0.333. The molecule has 0 N–H and O–H groups in total. The Morgan fingerprint density at radius 1 is 1.17 bits per heavy atom. The van der Waals surface area contributed by atoms with Crippen LogP contribution in [-0.4, -0.2) is 46.9 Å². The number of para-hydroxylation sites is 1. The van der Waals surface area contributed by atoms with Crippen molar-refractivity contribution in [1.29, 1.82) is 0 Å². The van der Waals surface area contributed by atoms with Crippen LogP contribution in [0.5, 0.6) is 0 Å². The molecule has 2 aromatic carbocycles. The van der Waals surface area contributed by atoms with E-state index in [0.29, 0.717) is 17.8 Å². The zero-order valence-electron chi connectivity index (χ0n) is 17.3. The van der Waals surface area contributed by atoms with E-state index in [9.17, 15) is 4.79 Å². The molecule has 0 aliphatic carbocycles. The largest absolute Gasteiger partial charge is 0.376 e. The highest BCUT2D eigenvalue weighted by molar-refractivity contribution is 5.99. The summed E-state index contributed by atoms with van der Waals surface area (Å²) in [5, 5.41) is 4.79. The molecule has 4 rings (SSSR count). The van der Waals surface area contributed by atoms with Gasteiger partial charge in [-0.25, -0.2) is 4.68 Å². The van der Waals surface area contributed by atoms with Gasteiger partial charge in [-0.1, -0.05) is 30.3 Å². The number of nitrogens with zero attached hydrogens (tertiary/aromatic N) is 3. The smallest absolute Gasteiger partial charge is 0.257 e. The van der Waals surface area contributed by atoms with Gasteiger partial charge >= 0.3 is 0 Å². The van der Waals surface area contributed by atoms with Crippen LogP contribution in [0.2, 0.25) is 0 Å². The van der Waals surface area contributed by atoms with Gasteiger partial charge in [0.05, 0.1) is 17.4 Å². The number of hydrogen-bond acceptors (Lipinski definition) is 3. The minimum Gasteiger partial charge on any atom is -0.376 e. The van der Waals surface area contributed by atoms with Gasteiger partial charge in [0.15, 0.2) is 0 Å². The predicted octanol–water partition coefficient (Wildman–Crippen LogP) is 4.41. The van der Waals surface area contributed by atoms with Crippen molar-refractivity contribution < 1.29 is 9.53 Å². The molecule has 1 fully saturated rings. The number of rotatable bonds is 5. The number of carbonyl (C=O) groups excluding carboxylic acids is 1. The van der Waals surface area contributed by atoms with Gasteiger partial charge in [-0.2, -0.15) is 5.10 Å². The molecule has 1 aliphatic rings. The second-order valence-electron chi connectivity index (χ2n) is 7.79. The molecule has 1 amide bonds. The van der Waals surface area contributed by atoms with E-state index in [4.69, 9.17) is 9.84 Å². The number of aryl methyl sites for hydroxylation is 2. The van der Waals surface area contributed by atoms with Gasteiger partial charge in [-0.05, 0) is 56.0 Å². The topological polar surface area (TPSA) is 47.4 Å². The molecule has 5 nitrogen and oxygen atoms in total. The third-order valence-electron chi connectivity index (χ3n) is 5.59. The lowest BCUT2D eigenvalue weighted by Crippen LogP contribution is -2.34. The Hall–Kier alpha value is -2.92. The number of carbonyl (C=O) groups is 1. The highest BCUT2D eigenvalue weighted by atomic mass is 16.5. The van der Waals surface area contributed by atoms with Crippen molar-refractivity contribution in [2.45, 2.75) is 32.8 Å². The minimum atomic E-state index is -0.0316. The molecule has 0 spiro atoms. The van der Waals surface area contributed by atoms with Gasteiger partial charge in [-0.3, -0.25) is 4.79 Å². The Balaban J connectivity index is 1.73. The van der Waals surface area contributed by atoms with E-state index in [1.165, 1.54) is 11.1 Å². The molecule has 0 saturated carbocycles. The van der Waals surface area contributed by atoms with Gasteiger partial charge < -0.3 is 9.64 Å². The normalized spacial score (nSPS) is 16.2. The number of benzene rings is 2. The molecule has 2 heterocycles. The zero-order valence-corrected chi connectivity index (χ0v) is 17.3. The summed E-state index contributed by atoms with van der Waals surface area (Å²) in [6.07, 6.45) is 4.03. The van der Waals surface area contributed by atoms with Crippen molar-refractivity contribution >= 4 is 5.91 Å². The number of amides is 1. The van der Waals surface area contributed by atoms with Crippen LogP contribution in [0.4, 0.5) is 0 Å². The summed E-state index contributed by atoms with van der Waals surface area (Å²) in [5.74, 6) is -0.0316. The van der Waals surface area contributed by atoms with Crippen LogP contribution in [0.1, 0.15) is 34.3 Å². The van der Waals surface area contributed by atoms with E-state index in [2.05, 4.69) is 26.0 Å². The standard InChI is InChI=1S/C24H27N3O2/c1-17-11-12-19(14-18(17)2)23-22(16-27(25-23)20-8-5-4-6-9-20)24(28)26(3)15-21-10-7-13-29-21/h4-6,8-9,11-12,14,16,21H,7,10,13,15H2,1-3H3. The molecule has 3 aromatic rings. The van der Waals surface area contributed by atoms with Gasteiger partial charge in [-0.15, -0.1) is 0 Å². The third kappa shape index (κ3) is 4.10. The van der Waals surface area contributed by atoms with E-state index >= 15 is 0 Å². The Bertz CT molecular complexity index is 1000. The number of hydrogen-bond donors (Lipinski definition) is 0. The van der Waals surface area contributed by atoms with Crippen LogP contribution in [-0.2, 0) is 4.74 Å². The molecule has 0 radical (unpaired) electrons. The molecule has 0 bridgehead atoms. The van der Waals surface area contributed by atoms with E-state index in [1.54, 1.807) is 9.58 Å². The molecule has 1 aliphatic heterocycles. The Kier molecular flexibility index (Phi) is 5.49. The minimum absolute atomic E-state index is 0.0316. The van der Waals surface area contributed by atoms with Crippen molar-refractivity contribution in [3.63, 3.8) is 0 Å². The molecule has 150 valence electrons. The summed E-state index contributed by atoms with van der Waals surface area (Å²) in [7, 11) is 1.84. The van der Waals surface area contributed by atoms with E-state index in [-0.39, 0.29) is 12.0 Å². The number of likely N-dealkylation sites (N-methyl/N-ethyl adjacent to an activating group) is 1. The summed E-state index contributed by atoms with van der Waals surface area (Å²) in [6, 6.07) is 16.1. The molecule has 1 unspecified atom stereocenters. The lowest BCUT2D eigenvalue weighted by atomic mass is 10.0. The predicted molar refractivity (Wildman–Crippen MR) is 114 cm³/mol. The maximum atomic E-state index is 13.3. The summed E-state index contributed by atoms with van der Waals surface area (Å²) in [5.41, 5.74) is 5.61. The summed E-state index contributed by atoms with van der Waals surface area (Å²) < 4.78 is 7.50. The molecular weight excluding hydrogens is 362 g/mol. The molecular formula is C24H27N3O2. The zero-order chi connectivity index (χ0) is 20.4. The van der Waals surface area contributed by atoms with Crippen LogP contribution in [0.25, 0.3) is 16.9 Å². The monoisotopic (exact) mass is 389 g/mol. The van der Waals surface area contributed by atoms with E-state index < -0.39 is 0 Å². The number of ether oxygens (including phenoxy) is 1. The van der Waals surface area contributed by atoms with Crippen molar-refractivity contribution in [3.05, 3.63) is 71.4 Å². The van der Waals surface area contributed by atoms with Crippen LogP contribution in [0, 0.1) is 13.8 Å². The first kappa shape index (κ1) is 19.4. The van der Waals surface area contributed by atoms with Crippen molar-refractivity contribution in [2.75, 3.05) is 20.2 Å². The lowest BCUT2D eigenvalue weighted by Gasteiger charge is -2.20. The second-order valence-corrected chi connectivity index (χ2v) is 7.79. The molecule has 5 heteroatoms. The quantitative estimate of drug-likeness (QED) is 0.649. The van der Waals surface area contributed by atoms with Crippen LogP contribution >= 0.6 is 0 Å². The van der Waals surface area contributed by atoms with Crippen molar-refractivity contribution in [2.24, 2.45) is 0 Å². The van der Waals surface area contributed by atoms with Crippen LogP contribution < -0.4 is 0 Å². The number of aromatic nitrogens is 2. The highest BCUT2D eigenvalue weighted by Crippen LogP contribution is 2.27. The van der Waals surface area contributed by atoms with E-state index in [0.717, 1.165) is 30.7 Å². The first-order valence-electron chi connectivity index (χ1n) is 10.1. The maximum absolute atomic E-state index is 13.3. The summed E-state index contributed by atoms with van der Waals surface area (Å²) in [6.45, 7) is 5.55. The fourth-order valence-electron chi connectivity index (χ4n) is 3.73. The SMILES string of the molecule is Cc1ccc(-c2nn(-c3ccccc3)cc2C(=O)N(C)CC2CCCO2)cc1C. The average Bonchev–Trinajstić information content (AvgIpc) is 3.40. The third-order valence-corrected chi connectivity index (χ3v) is 5.59. The first-order valence-corrected chi connectivity index (χ1v) is 10.1. The average molecular weight is 389 g/mol. The van der Waals surface area contributed by atoms with Crippen LogP contribution in [0.15, 0.2) is 54.7 Å². The maximum Gasteiger partial charge on any atom is 0.257 e. The second kappa shape index (κ2) is 8.21. The summed E-state index contributed by atoms with van der Waals surface area (Å²) >= 11 is 0. The van der Waals surface area contributed by atoms with Gasteiger partial charge in [0, 0.05) is 32.0 Å². The van der Waals surface area contributed by atoms with E-state index in [1.807, 2.05) is 49.6 Å². The van der Waals surface area contributed by atoms with Crippen molar-refractivity contribution in [1.82, 2.24) is 14.7 Å². The first-order chi connectivity index (χ1) is 14.0. The van der Waals surface area contributed by atoms with Gasteiger partial charge in [0.25, 0.3) is 5.91 Å². The molecule has 29 heavy (non-hydrogen) atoms. The fourth-order valence-corrected chi connectivity index (χ4v) is 3.73. The van der Waals surface area contributed by atoms with Crippen LogP contribution in [0.3, 0.4) is 0 Å². The lowest BCUT2D eigenvalue weighted by molar-refractivity contribution is 0.0587. The molecule has 1 saturated heterocycles. The summed E-state index contributed by atoms with van der Waals surface area (Å²) in [4.78, 5) is 15.1. The van der Waals surface area contributed by atoms with Gasteiger partial charge in [0.2, 0.25) is 0 Å². The van der Waals surface area contributed by atoms with Gasteiger partial charge in [0.1, 0.15) is 5.69 Å².